The van der Waals surface area contributed by atoms with E-state index in [4.69, 9.17) is 5.11 Å². The van der Waals surface area contributed by atoms with Crippen LogP contribution in [-0.2, 0) is 4.79 Å². The summed E-state index contributed by atoms with van der Waals surface area (Å²) in [6.07, 6.45) is 0. The van der Waals surface area contributed by atoms with E-state index in [0.717, 1.165) is 11.5 Å². The highest BCUT2D eigenvalue weighted by Crippen LogP contribution is 2.10. The molecule has 2 N–H and O–H groups in total. The zero-order chi connectivity index (χ0) is 12.1. The van der Waals surface area contributed by atoms with Gasteiger partial charge in [-0.25, -0.2) is 9.59 Å². The molecule has 0 aromatic rings. The van der Waals surface area contributed by atoms with E-state index in [0.29, 0.717) is 13.1 Å². The maximum absolute atomic E-state index is 11.8. The van der Waals surface area contributed by atoms with Gasteiger partial charge in [0.1, 0.15) is 6.04 Å². The Kier molecular flexibility index (Phi) is 4.92. The quantitative estimate of drug-likeness (QED) is 0.774. The number of nitrogens with zero attached hydrogens (tertiary/aromatic N) is 1. The summed E-state index contributed by atoms with van der Waals surface area (Å²) in [6.45, 7) is 4.96. The topological polar surface area (TPSA) is 69.6 Å². The number of hydrogen-bond donors (Lipinski definition) is 2. The normalized spacial score (nSPS) is 18.3. The van der Waals surface area contributed by atoms with Crippen LogP contribution in [0.1, 0.15) is 13.8 Å². The maximum atomic E-state index is 11.8. The van der Waals surface area contributed by atoms with Crippen LogP contribution in [0, 0.1) is 5.92 Å². The summed E-state index contributed by atoms with van der Waals surface area (Å²) < 4.78 is 0. The van der Waals surface area contributed by atoms with Gasteiger partial charge in [0.05, 0.1) is 0 Å². The van der Waals surface area contributed by atoms with Gasteiger partial charge in [0.15, 0.2) is 0 Å². The summed E-state index contributed by atoms with van der Waals surface area (Å²) in [5.74, 6) is 0.759. The number of carbonyl (C=O) groups is 2. The van der Waals surface area contributed by atoms with Crippen LogP contribution in [0.15, 0.2) is 0 Å². The smallest absolute Gasteiger partial charge is 0.326 e. The van der Waals surface area contributed by atoms with Gasteiger partial charge in [-0.1, -0.05) is 13.8 Å². The number of carboxylic acid groups (broad SMARTS) is 1. The van der Waals surface area contributed by atoms with Crippen LogP contribution in [0.2, 0.25) is 0 Å². The molecule has 0 radical (unpaired) electrons. The van der Waals surface area contributed by atoms with Crippen molar-refractivity contribution in [1.82, 2.24) is 10.2 Å². The molecule has 1 aliphatic heterocycles. The lowest BCUT2D eigenvalue weighted by Crippen LogP contribution is -2.52. The number of carbonyl (C=O) groups excluding carboxylic acids is 1. The predicted octanol–water partition coefficient (Wildman–Crippen LogP) is 0.854. The molecule has 0 saturated carbocycles. The van der Waals surface area contributed by atoms with Crippen LogP contribution >= 0.6 is 11.8 Å². The average molecular weight is 246 g/mol. The van der Waals surface area contributed by atoms with Crippen molar-refractivity contribution in [2.24, 2.45) is 5.92 Å². The molecule has 1 heterocycles. The van der Waals surface area contributed by atoms with E-state index >= 15 is 0 Å². The number of urea groups is 1. The summed E-state index contributed by atoms with van der Waals surface area (Å²) in [5, 5.41) is 11.5. The number of rotatable bonds is 3. The minimum atomic E-state index is -0.977. The Morgan fingerprint density at radius 2 is 1.88 bits per heavy atom. The minimum Gasteiger partial charge on any atom is -0.480 e. The van der Waals surface area contributed by atoms with E-state index in [2.05, 4.69) is 5.32 Å². The molecule has 1 saturated heterocycles. The van der Waals surface area contributed by atoms with Crippen molar-refractivity contribution in [3.8, 4) is 0 Å². The number of amides is 2. The minimum absolute atomic E-state index is 0.111. The number of thioether (sulfide) groups is 1. The molecular formula is C10H18N2O3S. The van der Waals surface area contributed by atoms with Crippen molar-refractivity contribution in [3.63, 3.8) is 0 Å². The summed E-state index contributed by atoms with van der Waals surface area (Å²) in [7, 11) is 0. The van der Waals surface area contributed by atoms with Gasteiger partial charge in [0.25, 0.3) is 0 Å². The molecule has 1 aliphatic rings. The first-order valence-electron chi connectivity index (χ1n) is 5.38. The number of nitrogens with one attached hydrogen (secondary N) is 1. The Labute approximate surface area is 99.6 Å². The Bertz CT molecular complexity index is 265. The number of carboxylic acids is 1. The van der Waals surface area contributed by atoms with Crippen molar-refractivity contribution in [2.45, 2.75) is 19.9 Å². The Morgan fingerprint density at radius 1 is 1.31 bits per heavy atom. The summed E-state index contributed by atoms with van der Waals surface area (Å²) in [4.78, 5) is 24.4. The molecule has 0 aromatic heterocycles. The van der Waals surface area contributed by atoms with Crippen LogP contribution in [0.3, 0.4) is 0 Å². The molecule has 2 amide bonds. The lowest BCUT2D eigenvalue weighted by atomic mass is 10.1. The molecule has 92 valence electrons. The molecule has 1 rings (SSSR count). The molecule has 0 aliphatic carbocycles. The van der Waals surface area contributed by atoms with Crippen LogP contribution in [0.25, 0.3) is 0 Å². The Hall–Kier alpha value is -0.910. The summed E-state index contributed by atoms with van der Waals surface area (Å²) >= 11 is 1.81. The first kappa shape index (κ1) is 13.2. The van der Waals surface area contributed by atoms with Gasteiger partial charge < -0.3 is 15.3 Å². The van der Waals surface area contributed by atoms with Gasteiger partial charge >= 0.3 is 12.0 Å². The fourth-order valence-electron chi connectivity index (χ4n) is 1.50. The van der Waals surface area contributed by atoms with Crippen molar-refractivity contribution in [3.05, 3.63) is 0 Å². The lowest BCUT2D eigenvalue weighted by Gasteiger charge is -2.28. The molecule has 6 heteroatoms. The highest BCUT2D eigenvalue weighted by molar-refractivity contribution is 7.99. The van der Waals surface area contributed by atoms with Gasteiger partial charge in [0, 0.05) is 24.6 Å². The highest BCUT2D eigenvalue weighted by Gasteiger charge is 2.26. The average Bonchev–Trinajstić information content (AvgIpc) is 2.25. The van der Waals surface area contributed by atoms with Crippen molar-refractivity contribution < 1.29 is 14.7 Å². The SMILES string of the molecule is CC(C)C(NC(=O)N1CCSCC1)C(=O)O. The second-order valence-electron chi connectivity index (χ2n) is 4.11. The fourth-order valence-corrected chi connectivity index (χ4v) is 2.41. The van der Waals surface area contributed by atoms with Crippen LogP contribution in [0.4, 0.5) is 4.79 Å². The first-order valence-corrected chi connectivity index (χ1v) is 6.54. The van der Waals surface area contributed by atoms with E-state index in [9.17, 15) is 9.59 Å². The van der Waals surface area contributed by atoms with Crippen LogP contribution in [0.5, 0.6) is 0 Å². The monoisotopic (exact) mass is 246 g/mol. The van der Waals surface area contributed by atoms with E-state index < -0.39 is 12.0 Å². The van der Waals surface area contributed by atoms with E-state index in [-0.39, 0.29) is 11.9 Å². The summed E-state index contributed by atoms with van der Waals surface area (Å²) in [5.41, 5.74) is 0. The highest BCUT2D eigenvalue weighted by atomic mass is 32.2. The third kappa shape index (κ3) is 3.59. The van der Waals surface area contributed by atoms with Gasteiger partial charge in [-0.15, -0.1) is 0 Å². The number of hydrogen-bond acceptors (Lipinski definition) is 3. The third-order valence-corrected chi connectivity index (χ3v) is 3.45. The largest absolute Gasteiger partial charge is 0.480 e. The molecule has 0 bridgehead atoms. The molecule has 16 heavy (non-hydrogen) atoms. The van der Waals surface area contributed by atoms with Gasteiger partial charge in [-0.05, 0) is 5.92 Å². The predicted molar refractivity (Wildman–Crippen MR) is 63.7 cm³/mol. The van der Waals surface area contributed by atoms with Crippen molar-refractivity contribution >= 4 is 23.8 Å². The second-order valence-corrected chi connectivity index (χ2v) is 5.33. The maximum Gasteiger partial charge on any atom is 0.326 e. The van der Waals surface area contributed by atoms with Gasteiger partial charge in [-0.2, -0.15) is 11.8 Å². The third-order valence-electron chi connectivity index (χ3n) is 2.51. The standard InChI is InChI=1S/C10H18N2O3S/c1-7(2)8(9(13)14)11-10(15)12-3-5-16-6-4-12/h7-8H,3-6H2,1-2H3,(H,11,15)(H,13,14). The van der Waals surface area contributed by atoms with Crippen molar-refractivity contribution in [1.29, 1.82) is 0 Å². The van der Waals surface area contributed by atoms with E-state index in [1.807, 2.05) is 11.8 Å². The molecule has 5 nitrogen and oxygen atoms in total. The second kappa shape index (κ2) is 5.98. The molecule has 1 unspecified atom stereocenters. The van der Waals surface area contributed by atoms with Gasteiger partial charge in [-0.3, -0.25) is 0 Å². The summed E-state index contributed by atoms with van der Waals surface area (Å²) in [6, 6.07) is -1.07. The Balaban J connectivity index is 2.50. The molecule has 0 spiro atoms. The fraction of sp³-hybridized carbons (Fsp3) is 0.800. The Morgan fingerprint density at radius 3 is 2.31 bits per heavy atom. The van der Waals surface area contributed by atoms with E-state index in [1.54, 1.807) is 18.7 Å². The molecule has 1 atom stereocenters. The van der Waals surface area contributed by atoms with Crippen LogP contribution < -0.4 is 5.32 Å². The van der Waals surface area contributed by atoms with Crippen molar-refractivity contribution in [2.75, 3.05) is 24.6 Å². The zero-order valence-corrected chi connectivity index (χ0v) is 10.4. The number of aliphatic carboxylic acids is 1. The van der Waals surface area contributed by atoms with Crippen LogP contribution in [-0.4, -0.2) is 52.6 Å². The lowest BCUT2D eigenvalue weighted by molar-refractivity contribution is -0.140. The van der Waals surface area contributed by atoms with Gasteiger partial charge in [0.2, 0.25) is 0 Å². The molecule has 0 aromatic carbocycles. The zero-order valence-electron chi connectivity index (χ0n) is 9.60. The molecule has 1 fully saturated rings. The molecular weight excluding hydrogens is 228 g/mol. The first-order chi connectivity index (χ1) is 7.52. The van der Waals surface area contributed by atoms with E-state index in [1.165, 1.54) is 0 Å².